The Morgan fingerprint density at radius 3 is 2.35 bits per heavy atom. The van der Waals surface area contributed by atoms with Crippen LogP contribution in [0.5, 0.6) is 5.75 Å². The van der Waals surface area contributed by atoms with Gasteiger partial charge in [-0.3, -0.25) is 4.79 Å². The molecule has 2 rings (SSSR count). The molecule has 0 spiro atoms. The van der Waals surface area contributed by atoms with E-state index in [9.17, 15) is 22.0 Å². The number of halogens is 2. The van der Waals surface area contributed by atoms with Gasteiger partial charge in [0.15, 0.2) is 9.84 Å². The van der Waals surface area contributed by atoms with E-state index in [1.165, 1.54) is 17.0 Å². The molecule has 0 N–H and O–H groups in total. The second kappa shape index (κ2) is 6.43. The van der Waals surface area contributed by atoms with Crippen molar-refractivity contribution in [2.24, 2.45) is 0 Å². The maximum absolute atomic E-state index is 12.5. The van der Waals surface area contributed by atoms with E-state index in [1.54, 1.807) is 20.8 Å². The molecule has 0 aliphatic carbocycles. The van der Waals surface area contributed by atoms with Gasteiger partial charge >= 0.3 is 6.61 Å². The second-order valence-corrected chi connectivity index (χ2v) is 8.29. The molecule has 1 aliphatic rings. The first kappa shape index (κ1) is 17.7. The summed E-state index contributed by atoms with van der Waals surface area (Å²) in [5.41, 5.74) is 1.21. The fourth-order valence-electron chi connectivity index (χ4n) is 2.67. The Bertz CT molecular complexity index is 695. The summed E-state index contributed by atoms with van der Waals surface area (Å²) in [6, 6.07) is 2.97. The Morgan fingerprint density at radius 1 is 1.30 bits per heavy atom. The van der Waals surface area contributed by atoms with Gasteiger partial charge in [0.05, 0.1) is 11.0 Å². The van der Waals surface area contributed by atoms with Crippen molar-refractivity contribution in [3.8, 4) is 5.75 Å². The molecule has 128 valence electrons. The minimum Gasteiger partial charge on any atom is -0.434 e. The van der Waals surface area contributed by atoms with Gasteiger partial charge in [0.1, 0.15) is 5.75 Å². The number of hydrogen-bond donors (Lipinski definition) is 0. The molecule has 23 heavy (non-hydrogen) atoms. The van der Waals surface area contributed by atoms with E-state index in [0.29, 0.717) is 16.7 Å². The normalized spacial score (nSPS) is 20.6. The van der Waals surface area contributed by atoms with Crippen molar-refractivity contribution in [1.29, 1.82) is 0 Å². The van der Waals surface area contributed by atoms with Crippen LogP contribution in [0.3, 0.4) is 0 Å². The molecule has 1 aromatic carbocycles. The maximum Gasteiger partial charge on any atom is 0.387 e. The molecule has 1 heterocycles. The Morgan fingerprint density at radius 2 is 1.87 bits per heavy atom. The molecule has 1 aliphatic heterocycles. The molecule has 8 heteroatoms. The highest BCUT2D eigenvalue weighted by atomic mass is 32.2. The van der Waals surface area contributed by atoms with Crippen molar-refractivity contribution in [2.45, 2.75) is 32.6 Å². The van der Waals surface area contributed by atoms with Gasteiger partial charge in [0, 0.05) is 18.7 Å². The number of rotatable bonds is 3. The SMILES string of the molecule is Cc1cc(C(=O)N2CCS(=O)(=O)C(C)C2)cc(C)c1OC(F)F. The number of benzene rings is 1. The molecule has 0 radical (unpaired) electrons. The fraction of sp³-hybridized carbons (Fsp3) is 0.533. The number of sulfone groups is 1. The number of nitrogens with zero attached hydrogens (tertiary/aromatic N) is 1. The largest absolute Gasteiger partial charge is 0.434 e. The molecule has 1 amide bonds. The van der Waals surface area contributed by atoms with Gasteiger partial charge in [0.2, 0.25) is 0 Å². The summed E-state index contributed by atoms with van der Waals surface area (Å²) in [6.45, 7) is 2.09. The highest BCUT2D eigenvalue weighted by Crippen LogP contribution is 2.27. The van der Waals surface area contributed by atoms with Crippen LogP contribution in [0.25, 0.3) is 0 Å². The van der Waals surface area contributed by atoms with Gasteiger partial charge in [-0.15, -0.1) is 0 Å². The third-order valence-electron chi connectivity index (χ3n) is 3.94. The van der Waals surface area contributed by atoms with E-state index in [1.807, 2.05) is 0 Å². The van der Waals surface area contributed by atoms with Crippen molar-refractivity contribution >= 4 is 15.7 Å². The predicted octanol–water partition coefficient (Wildman–Crippen LogP) is 2.16. The quantitative estimate of drug-likeness (QED) is 0.841. The standard InChI is InChI=1S/C15H19F2NO4S/c1-9-6-12(7-10(2)13(9)22-15(16)17)14(19)18-4-5-23(20,21)11(3)8-18/h6-7,11,15H,4-5,8H2,1-3H3. The second-order valence-electron chi connectivity index (χ2n) is 5.75. The molecule has 1 atom stereocenters. The lowest BCUT2D eigenvalue weighted by molar-refractivity contribution is -0.0507. The summed E-state index contributed by atoms with van der Waals surface area (Å²) < 4.78 is 52.7. The van der Waals surface area contributed by atoms with Crippen LogP contribution in [0.2, 0.25) is 0 Å². The number of ether oxygens (including phenoxy) is 1. The van der Waals surface area contributed by atoms with Gasteiger partial charge in [-0.1, -0.05) is 0 Å². The Kier molecular flexibility index (Phi) is 4.93. The van der Waals surface area contributed by atoms with E-state index >= 15 is 0 Å². The monoisotopic (exact) mass is 347 g/mol. The summed E-state index contributed by atoms with van der Waals surface area (Å²) in [5.74, 6) is -0.308. The summed E-state index contributed by atoms with van der Waals surface area (Å²) in [6.07, 6.45) is 0. The van der Waals surface area contributed by atoms with Crippen LogP contribution in [-0.4, -0.2) is 49.9 Å². The van der Waals surface area contributed by atoms with E-state index in [0.717, 1.165) is 0 Å². The van der Waals surface area contributed by atoms with Crippen molar-refractivity contribution in [1.82, 2.24) is 4.90 Å². The highest BCUT2D eigenvalue weighted by molar-refractivity contribution is 7.92. The summed E-state index contributed by atoms with van der Waals surface area (Å²) >= 11 is 0. The Labute approximate surface area is 134 Å². The lowest BCUT2D eigenvalue weighted by Crippen LogP contribution is -2.48. The van der Waals surface area contributed by atoms with Gasteiger partial charge in [-0.2, -0.15) is 8.78 Å². The molecule has 0 aromatic heterocycles. The molecule has 0 bridgehead atoms. The third-order valence-corrected chi connectivity index (χ3v) is 6.06. The van der Waals surface area contributed by atoms with Crippen LogP contribution in [0.4, 0.5) is 8.78 Å². The van der Waals surface area contributed by atoms with Crippen LogP contribution in [0, 0.1) is 13.8 Å². The molecular formula is C15H19F2NO4S. The fourth-order valence-corrected chi connectivity index (χ4v) is 3.95. The number of aryl methyl sites for hydroxylation is 2. The summed E-state index contributed by atoms with van der Waals surface area (Å²) in [5, 5.41) is -0.608. The lowest BCUT2D eigenvalue weighted by Gasteiger charge is -2.31. The zero-order chi connectivity index (χ0) is 17.4. The lowest BCUT2D eigenvalue weighted by atomic mass is 10.0. The van der Waals surface area contributed by atoms with Crippen molar-refractivity contribution < 1.29 is 26.7 Å². The molecule has 1 aromatic rings. The topological polar surface area (TPSA) is 63.7 Å². The van der Waals surface area contributed by atoms with E-state index in [2.05, 4.69) is 4.74 Å². The molecule has 0 saturated carbocycles. The first-order chi connectivity index (χ1) is 10.6. The molecule has 1 saturated heterocycles. The average molecular weight is 347 g/mol. The molecule has 1 fully saturated rings. The van der Waals surface area contributed by atoms with Crippen LogP contribution < -0.4 is 4.74 Å². The van der Waals surface area contributed by atoms with E-state index < -0.39 is 21.7 Å². The van der Waals surface area contributed by atoms with Crippen LogP contribution in [-0.2, 0) is 9.84 Å². The zero-order valence-corrected chi connectivity index (χ0v) is 14.0. The van der Waals surface area contributed by atoms with Gasteiger partial charge in [0.25, 0.3) is 5.91 Å². The van der Waals surface area contributed by atoms with Gasteiger partial charge < -0.3 is 9.64 Å². The van der Waals surface area contributed by atoms with E-state index in [4.69, 9.17) is 0 Å². The minimum atomic E-state index is -3.14. The molecule has 5 nitrogen and oxygen atoms in total. The van der Waals surface area contributed by atoms with Crippen LogP contribution in [0.15, 0.2) is 12.1 Å². The minimum absolute atomic E-state index is 0.0612. The van der Waals surface area contributed by atoms with Crippen molar-refractivity contribution in [2.75, 3.05) is 18.8 Å². The first-order valence-corrected chi connectivity index (χ1v) is 8.90. The maximum atomic E-state index is 12.5. The zero-order valence-electron chi connectivity index (χ0n) is 13.2. The molecule has 1 unspecified atom stereocenters. The average Bonchev–Trinajstić information content (AvgIpc) is 2.44. The van der Waals surface area contributed by atoms with Crippen molar-refractivity contribution in [3.63, 3.8) is 0 Å². The number of hydrogen-bond acceptors (Lipinski definition) is 4. The van der Waals surface area contributed by atoms with Crippen LogP contribution in [0.1, 0.15) is 28.4 Å². The first-order valence-electron chi connectivity index (χ1n) is 7.18. The van der Waals surface area contributed by atoms with E-state index in [-0.39, 0.29) is 30.5 Å². The highest BCUT2D eigenvalue weighted by Gasteiger charge is 2.32. The van der Waals surface area contributed by atoms with Crippen molar-refractivity contribution in [3.05, 3.63) is 28.8 Å². The summed E-state index contributed by atoms with van der Waals surface area (Å²) in [4.78, 5) is 14.0. The third kappa shape index (κ3) is 3.80. The number of amides is 1. The summed E-state index contributed by atoms with van der Waals surface area (Å²) in [7, 11) is -3.14. The smallest absolute Gasteiger partial charge is 0.387 e. The predicted molar refractivity (Wildman–Crippen MR) is 81.7 cm³/mol. The number of carbonyl (C=O) groups is 1. The van der Waals surface area contributed by atoms with Crippen LogP contribution >= 0.6 is 0 Å². The Hall–Kier alpha value is -1.70. The van der Waals surface area contributed by atoms with Gasteiger partial charge in [-0.25, -0.2) is 8.42 Å². The molecular weight excluding hydrogens is 328 g/mol. The number of alkyl halides is 2. The van der Waals surface area contributed by atoms with Gasteiger partial charge in [-0.05, 0) is 44.0 Å². The Balaban J connectivity index is 2.24. The number of carbonyl (C=O) groups excluding carboxylic acids is 1.